The second kappa shape index (κ2) is 7.09. The predicted molar refractivity (Wildman–Crippen MR) is 86.0 cm³/mol. The third-order valence-electron chi connectivity index (χ3n) is 2.76. The van der Waals surface area contributed by atoms with Crippen molar-refractivity contribution < 1.29 is 9.53 Å². The highest BCUT2D eigenvalue weighted by molar-refractivity contribution is 9.10. The molecular weight excluding hydrogens is 320 g/mol. The maximum atomic E-state index is 11.9. The van der Waals surface area contributed by atoms with E-state index in [4.69, 9.17) is 10.5 Å². The van der Waals surface area contributed by atoms with Crippen molar-refractivity contribution in [3.8, 4) is 5.75 Å². The van der Waals surface area contributed by atoms with Crippen LogP contribution in [0.2, 0.25) is 0 Å². The van der Waals surface area contributed by atoms with Crippen molar-refractivity contribution in [3.05, 3.63) is 22.7 Å². The van der Waals surface area contributed by atoms with E-state index in [-0.39, 0.29) is 17.4 Å². The molecule has 0 fully saturated rings. The van der Waals surface area contributed by atoms with Gasteiger partial charge < -0.3 is 15.8 Å². The number of nitrogens with two attached hydrogens (primary N) is 1. The molecule has 0 bridgehead atoms. The number of rotatable bonds is 5. The van der Waals surface area contributed by atoms with Gasteiger partial charge in [-0.3, -0.25) is 4.79 Å². The predicted octanol–water partition coefficient (Wildman–Crippen LogP) is 3.55. The molecule has 0 saturated carbocycles. The minimum atomic E-state index is -0.132. The van der Waals surface area contributed by atoms with Crippen LogP contribution in [-0.4, -0.2) is 19.1 Å². The molecule has 1 aromatic carbocycles. The summed E-state index contributed by atoms with van der Waals surface area (Å²) in [6.45, 7) is 6.35. The summed E-state index contributed by atoms with van der Waals surface area (Å²) < 4.78 is 6.04. The zero-order valence-corrected chi connectivity index (χ0v) is 14.1. The molecule has 4 nitrogen and oxygen atoms in total. The van der Waals surface area contributed by atoms with Gasteiger partial charge in [-0.15, -0.1) is 0 Å². The van der Waals surface area contributed by atoms with Gasteiger partial charge >= 0.3 is 0 Å². The number of nitrogens with one attached hydrogen (secondary N) is 1. The highest BCUT2D eigenvalue weighted by atomic mass is 79.9. The van der Waals surface area contributed by atoms with E-state index in [1.54, 1.807) is 13.2 Å². The zero-order valence-electron chi connectivity index (χ0n) is 12.5. The van der Waals surface area contributed by atoms with E-state index in [1.807, 2.05) is 12.1 Å². The van der Waals surface area contributed by atoms with Crippen LogP contribution in [0.3, 0.4) is 0 Å². The topological polar surface area (TPSA) is 64.3 Å². The minimum absolute atomic E-state index is 0.0777. The van der Waals surface area contributed by atoms with Crippen molar-refractivity contribution in [2.75, 3.05) is 12.4 Å². The Kier molecular flexibility index (Phi) is 6.02. The third-order valence-corrected chi connectivity index (χ3v) is 3.41. The van der Waals surface area contributed by atoms with Gasteiger partial charge in [-0.05, 0) is 39.9 Å². The van der Waals surface area contributed by atoms with E-state index < -0.39 is 0 Å². The normalized spacial score (nSPS) is 12.9. The largest absolute Gasteiger partial charge is 0.495 e. The molecule has 0 radical (unpaired) electrons. The number of carbonyl (C=O) groups excluding carboxylic acids is 1. The lowest BCUT2D eigenvalue weighted by Crippen LogP contribution is -2.31. The first-order chi connectivity index (χ1) is 9.21. The summed E-state index contributed by atoms with van der Waals surface area (Å²) in [6, 6.07) is 5.30. The second-order valence-electron chi connectivity index (χ2n) is 6.13. The van der Waals surface area contributed by atoms with E-state index in [2.05, 4.69) is 42.0 Å². The molecule has 0 heterocycles. The SMILES string of the molecule is COc1cc(NC(=O)CC(N)CC(C)(C)C)ccc1Br. The van der Waals surface area contributed by atoms with Crippen LogP contribution in [0.25, 0.3) is 0 Å². The van der Waals surface area contributed by atoms with Crippen molar-refractivity contribution in [2.45, 2.75) is 39.7 Å². The molecule has 20 heavy (non-hydrogen) atoms. The maximum Gasteiger partial charge on any atom is 0.225 e. The smallest absolute Gasteiger partial charge is 0.225 e. The molecule has 1 aromatic rings. The van der Waals surface area contributed by atoms with Crippen molar-refractivity contribution >= 4 is 27.5 Å². The Hall–Kier alpha value is -1.07. The molecule has 0 saturated heterocycles. The van der Waals surface area contributed by atoms with Gasteiger partial charge in [0, 0.05) is 24.2 Å². The number of hydrogen-bond donors (Lipinski definition) is 2. The van der Waals surface area contributed by atoms with Crippen LogP contribution < -0.4 is 15.8 Å². The zero-order chi connectivity index (χ0) is 15.3. The van der Waals surface area contributed by atoms with Crippen LogP contribution in [0, 0.1) is 5.41 Å². The monoisotopic (exact) mass is 342 g/mol. The number of hydrogen-bond acceptors (Lipinski definition) is 3. The van der Waals surface area contributed by atoms with Crippen LogP contribution in [0.15, 0.2) is 22.7 Å². The van der Waals surface area contributed by atoms with E-state index >= 15 is 0 Å². The Morgan fingerprint density at radius 2 is 2.10 bits per heavy atom. The lowest BCUT2D eigenvalue weighted by Gasteiger charge is -2.22. The molecule has 0 aliphatic heterocycles. The lowest BCUT2D eigenvalue weighted by atomic mass is 9.87. The van der Waals surface area contributed by atoms with Gasteiger partial charge in [0.05, 0.1) is 11.6 Å². The van der Waals surface area contributed by atoms with Gasteiger partial charge in [0.15, 0.2) is 0 Å². The molecule has 5 heteroatoms. The summed E-state index contributed by atoms with van der Waals surface area (Å²) in [7, 11) is 1.59. The molecule has 3 N–H and O–H groups in total. The Morgan fingerprint density at radius 1 is 1.45 bits per heavy atom. The first-order valence-corrected chi connectivity index (χ1v) is 7.39. The summed E-state index contributed by atoms with van der Waals surface area (Å²) in [4.78, 5) is 11.9. The fourth-order valence-electron chi connectivity index (χ4n) is 2.05. The van der Waals surface area contributed by atoms with Crippen LogP contribution in [-0.2, 0) is 4.79 Å². The Balaban J connectivity index is 2.58. The van der Waals surface area contributed by atoms with Crippen LogP contribution in [0.1, 0.15) is 33.6 Å². The Labute approximate surface area is 129 Å². The second-order valence-corrected chi connectivity index (χ2v) is 6.98. The standard InChI is InChI=1S/C15H23BrN2O2/c1-15(2,3)9-10(17)7-14(19)18-11-5-6-12(16)13(8-11)20-4/h5-6,8,10H,7,9,17H2,1-4H3,(H,18,19). The first kappa shape index (κ1) is 17.0. The van der Waals surface area contributed by atoms with E-state index in [9.17, 15) is 4.79 Å². The van der Waals surface area contributed by atoms with Gasteiger partial charge in [0.2, 0.25) is 5.91 Å². The van der Waals surface area contributed by atoms with E-state index in [0.717, 1.165) is 10.9 Å². The summed E-state index contributed by atoms with van der Waals surface area (Å²) in [5.74, 6) is 0.605. The molecule has 0 spiro atoms. The number of anilines is 1. The maximum absolute atomic E-state index is 11.9. The molecule has 112 valence electrons. The van der Waals surface area contributed by atoms with Crippen molar-refractivity contribution in [3.63, 3.8) is 0 Å². The number of ether oxygens (including phenoxy) is 1. The molecule has 0 aliphatic rings. The first-order valence-electron chi connectivity index (χ1n) is 6.60. The highest BCUT2D eigenvalue weighted by Crippen LogP contribution is 2.28. The summed E-state index contributed by atoms with van der Waals surface area (Å²) >= 11 is 3.37. The third kappa shape index (κ3) is 5.92. The Morgan fingerprint density at radius 3 is 2.65 bits per heavy atom. The van der Waals surface area contributed by atoms with Crippen LogP contribution >= 0.6 is 15.9 Å². The fourth-order valence-corrected chi connectivity index (χ4v) is 2.45. The van der Waals surface area contributed by atoms with Crippen molar-refractivity contribution in [1.82, 2.24) is 0 Å². The molecular formula is C15H23BrN2O2. The molecule has 1 atom stereocenters. The van der Waals surface area contributed by atoms with Gasteiger partial charge in [-0.25, -0.2) is 0 Å². The molecule has 0 aromatic heterocycles. The van der Waals surface area contributed by atoms with Gasteiger partial charge in [0.1, 0.15) is 5.75 Å². The van der Waals surface area contributed by atoms with Gasteiger partial charge in [-0.2, -0.15) is 0 Å². The average molecular weight is 343 g/mol. The number of carbonyl (C=O) groups is 1. The number of halogens is 1. The lowest BCUT2D eigenvalue weighted by molar-refractivity contribution is -0.116. The van der Waals surface area contributed by atoms with Crippen molar-refractivity contribution in [2.24, 2.45) is 11.1 Å². The molecule has 0 aliphatic carbocycles. The minimum Gasteiger partial charge on any atom is -0.495 e. The quantitative estimate of drug-likeness (QED) is 0.859. The van der Waals surface area contributed by atoms with E-state index in [0.29, 0.717) is 17.9 Å². The molecule has 1 rings (SSSR count). The fraction of sp³-hybridized carbons (Fsp3) is 0.533. The molecule has 1 amide bonds. The molecule has 1 unspecified atom stereocenters. The summed E-state index contributed by atoms with van der Waals surface area (Å²) in [6.07, 6.45) is 1.12. The van der Waals surface area contributed by atoms with Gasteiger partial charge in [0.25, 0.3) is 0 Å². The Bertz CT molecular complexity index is 469. The highest BCUT2D eigenvalue weighted by Gasteiger charge is 2.18. The van der Waals surface area contributed by atoms with Gasteiger partial charge in [-0.1, -0.05) is 20.8 Å². The average Bonchev–Trinajstić information content (AvgIpc) is 2.28. The number of benzene rings is 1. The summed E-state index contributed by atoms with van der Waals surface area (Å²) in [5, 5.41) is 2.84. The number of amides is 1. The van der Waals surface area contributed by atoms with Crippen molar-refractivity contribution in [1.29, 1.82) is 0 Å². The summed E-state index contributed by atoms with van der Waals surface area (Å²) in [5.41, 5.74) is 6.83. The van der Waals surface area contributed by atoms with Crippen LogP contribution in [0.5, 0.6) is 5.75 Å². The van der Waals surface area contributed by atoms with Crippen LogP contribution in [0.4, 0.5) is 5.69 Å². The van der Waals surface area contributed by atoms with E-state index in [1.165, 1.54) is 0 Å². The number of methoxy groups -OCH3 is 1.